The molecule has 0 saturated carbocycles. The Hall–Kier alpha value is -0.860. The fourth-order valence-electron chi connectivity index (χ4n) is 2.99. The van der Waals surface area contributed by atoms with Crippen molar-refractivity contribution in [3.63, 3.8) is 0 Å². The van der Waals surface area contributed by atoms with E-state index in [0.29, 0.717) is 18.1 Å². The van der Waals surface area contributed by atoms with E-state index in [1.807, 2.05) is 0 Å². The lowest BCUT2D eigenvalue weighted by Crippen LogP contribution is -2.54. The Labute approximate surface area is 111 Å². The lowest BCUT2D eigenvalue weighted by Gasteiger charge is -2.42. The van der Waals surface area contributed by atoms with Crippen LogP contribution >= 0.6 is 0 Å². The Kier molecular flexibility index (Phi) is 4.79. The molecule has 1 aliphatic rings. The summed E-state index contributed by atoms with van der Waals surface area (Å²) in [6.45, 7) is 9.20. The third-order valence-corrected chi connectivity index (χ3v) is 4.09. The van der Waals surface area contributed by atoms with E-state index in [9.17, 15) is 0 Å². The molecule has 0 bridgehead atoms. The van der Waals surface area contributed by atoms with Gasteiger partial charge in [-0.05, 0) is 25.8 Å². The van der Waals surface area contributed by atoms with Crippen LogP contribution < -0.4 is 5.32 Å². The van der Waals surface area contributed by atoms with Gasteiger partial charge in [-0.15, -0.1) is 0 Å². The van der Waals surface area contributed by atoms with Crippen LogP contribution in [0.15, 0.2) is 30.3 Å². The molecule has 0 radical (unpaired) electrons. The van der Waals surface area contributed by atoms with Crippen LogP contribution in [0.3, 0.4) is 0 Å². The average molecular weight is 246 g/mol. The van der Waals surface area contributed by atoms with Crippen LogP contribution in [0.1, 0.15) is 45.2 Å². The maximum atomic E-state index is 3.67. The summed E-state index contributed by atoms with van der Waals surface area (Å²) in [5.41, 5.74) is 1.41. The molecule has 0 aliphatic carbocycles. The molecule has 0 amide bonds. The quantitative estimate of drug-likeness (QED) is 0.877. The average Bonchev–Trinajstić information content (AvgIpc) is 2.40. The van der Waals surface area contributed by atoms with Crippen LogP contribution in [-0.2, 0) is 0 Å². The van der Waals surface area contributed by atoms with Gasteiger partial charge in [0.1, 0.15) is 0 Å². The van der Waals surface area contributed by atoms with E-state index in [2.05, 4.69) is 61.3 Å². The highest BCUT2D eigenvalue weighted by atomic mass is 15.2. The van der Waals surface area contributed by atoms with Gasteiger partial charge in [-0.3, -0.25) is 4.90 Å². The number of rotatable bonds is 4. The van der Waals surface area contributed by atoms with E-state index < -0.39 is 0 Å². The van der Waals surface area contributed by atoms with Gasteiger partial charge in [0.2, 0.25) is 0 Å². The first-order chi connectivity index (χ1) is 8.72. The molecule has 1 fully saturated rings. The van der Waals surface area contributed by atoms with Crippen molar-refractivity contribution in [3.05, 3.63) is 35.9 Å². The standard InChI is InChI=1S/C16H26N2/c1-4-8-13(2)18-12-16(17-11-14(18)3)15-9-6-5-7-10-15/h5-7,9-10,13-14,16-17H,4,8,11-12H2,1-3H3. The molecule has 100 valence electrons. The lowest BCUT2D eigenvalue weighted by atomic mass is 9.99. The van der Waals surface area contributed by atoms with Crippen molar-refractivity contribution in [1.29, 1.82) is 0 Å². The topological polar surface area (TPSA) is 15.3 Å². The van der Waals surface area contributed by atoms with Crippen molar-refractivity contribution in [2.45, 2.75) is 51.7 Å². The van der Waals surface area contributed by atoms with Gasteiger partial charge in [-0.25, -0.2) is 0 Å². The minimum Gasteiger partial charge on any atom is -0.307 e. The van der Waals surface area contributed by atoms with Crippen LogP contribution in [0.25, 0.3) is 0 Å². The molecule has 2 heteroatoms. The van der Waals surface area contributed by atoms with E-state index in [1.54, 1.807) is 0 Å². The van der Waals surface area contributed by atoms with Gasteiger partial charge in [-0.1, -0.05) is 43.7 Å². The van der Waals surface area contributed by atoms with Crippen LogP contribution in [0.4, 0.5) is 0 Å². The number of nitrogens with one attached hydrogen (secondary N) is 1. The summed E-state index contributed by atoms with van der Waals surface area (Å²) in [6.07, 6.45) is 2.57. The van der Waals surface area contributed by atoms with Crippen LogP contribution in [0, 0.1) is 0 Å². The minimum absolute atomic E-state index is 0.488. The summed E-state index contributed by atoms with van der Waals surface area (Å²) in [4.78, 5) is 2.66. The molecule has 1 heterocycles. The fraction of sp³-hybridized carbons (Fsp3) is 0.625. The Morgan fingerprint density at radius 2 is 2.06 bits per heavy atom. The van der Waals surface area contributed by atoms with Crippen molar-refractivity contribution in [1.82, 2.24) is 10.2 Å². The Balaban J connectivity index is 2.04. The molecular formula is C16H26N2. The molecule has 2 nitrogen and oxygen atoms in total. The highest BCUT2D eigenvalue weighted by Crippen LogP contribution is 2.22. The predicted molar refractivity (Wildman–Crippen MR) is 77.7 cm³/mol. The van der Waals surface area contributed by atoms with Crippen LogP contribution in [0.5, 0.6) is 0 Å². The summed E-state index contributed by atoms with van der Waals surface area (Å²) in [5.74, 6) is 0. The van der Waals surface area contributed by atoms with Gasteiger partial charge in [0.05, 0.1) is 0 Å². The molecule has 1 aromatic carbocycles. The summed E-state index contributed by atoms with van der Waals surface area (Å²) in [6, 6.07) is 12.6. The zero-order valence-corrected chi connectivity index (χ0v) is 11.9. The van der Waals surface area contributed by atoms with Crippen LogP contribution in [-0.4, -0.2) is 30.1 Å². The summed E-state index contributed by atoms with van der Waals surface area (Å²) in [5, 5.41) is 3.67. The Morgan fingerprint density at radius 1 is 1.33 bits per heavy atom. The first-order valence-corrected chi connectivity index (χ1v) is 7.26. The third kappa shape index (κ3) is 3.12. The molecule has 1 saturated heterocycles. The van der Waals surface area contributed by atoms with Gasteiger partial charge in [0.25, 0.3) is 0 Å². The smallest absolute Gasteiger partial charge is 0.0450 e. The zero-order chi connectivity index (χ0) is 13.0. The van der Waals surface area contributed by atoms with E-state index >= 15 is 0 Å². The van der Waals surface area contributed by atoms with E-state index in [4.69, 9.17) is 0 Å². The first kappa shape index (κ1) is 13.6. The lowest BCUT2D eigenvalue weighted by molar-refractivity contribution is 0.0939. The van der Waals surface area contributed by atoms with Gasteiger partial charge in [-0.2, -0.15) is 0 Å². The predicted octanol–water partition coefficient (Wildman–Crippen LogP) is 3.21. The fourth-order valence-corrected chi connectivity index (χ4v) is 2.99. The minimum atomic E-state index is 0.488. The Morgan fingerprint density at radius 3 is 2.72 bits per heavy atom. The summed E-state index contributed by atoms with van der Waals surface area (Å²) in [7, 11) is 0. The van der Waals surface area contributed by atoms with E-state index in [1.165, 1.54) is 18.4 Å². The largest absolute Gasteiger partial charge is 0.307 e. The Bertz CT molecular complexity index is 349. The molecular weight excluding hydrogens is 220 g/mol. The zero-order valence-electron chi connectivity index (χ0n) is 11.9. The second-order valence-electron chi connectivity index (χ2n) is 5.56. The van der Waals surface area contributed by atoms with E-state index in [-0.39, 0.29) is 0 Å². The first-order valence-electron chi connectivity index (χ1n) is 7.26. The molecule has 0 aromatic heterocycles. The normalized spacial score (nSPS) is 27.1. The highest BCUT2D eigenvalue weighted by molar-refractivity contribution is 5.20. The van der Waals surface area contributed by atoms with Crippen molar-refractivity contribution in [2.75, 3.05) is 13.1 Å². The molecule has 2 rings (SSSR count). The van der Waals surface area contributed by atoms with Gasteiger partial charge in [0, 0.05) is 31.2 Å². The van der Waals surface area contributed by atoms with Crippen molar-refractivity contribution in [3.8, 4) is 0 Å². The van der Waals surface area contributed by atoms with Gasteiger partial charge in [0.15, 0.2) is 0 Å². The SMILES string of the molecule is CCCC(C)N1CC(c2ccccc2)NCC1C. The molecule has 3 unspecified atom stereocenters. The van der Waals surface area contributed by atoms with Crippen LogP contribution in [0.2, 0.25) is 0 Å². The number of benzene rings is 1. The van der Waals surface area contributed by atoms with Crippen molar-refractivity contribution < 1.29 is 0 Å². The third-order valence-electron chi connectivity index (χ3n) is 4.09. The maximum Gasteiger partial charge on any atom is 0.0450 e. The van der Waals surface area contributed by atoms with E-state index in [0.717, 1.165) is 13.1 Å². The number of piperazine rings is 1. The highest BCUT2D eigenvalue weighted by Gasteiger charge is 2.28. The number of nitrogens with zero attached hydrogens (tertiary/aromatic N) is 1. The second kappa shape index (κ2) is 6.35. The van der Waals surface area contributed by atoms with Crippen molar-refractivity contribution >= 4 is 0 Å². The second-order valence-corrected chi connectivity index (χ2v) is 5.56. The number of hydrogen-bond acceptors (Lipinski definition) is 2. The van der Waals surface area contributed by atoms with Gasteiger partial charge < -0.3 is 5.32 Å². The monoisotopic (exact) mass is 246 g/mol. The molecule has 18 heavy (non-hydrogen) atoms. The van der Waals surface area contributed by atoms with Gasteiger partial charge >= 0.3 is 0 Å². The molecule has 1 aliphatic heterocycles. The molecule has 1 N–H and O–H groups in total. The molecule has 3 atom stereocenters. The molecule has 0 spiro atoms. The number of hydrogen-bond donors (Lipinski definition) is 1. The summed E-state index contributed by atoms with van der Waals surface area (Å²) < 4.78 is 0. The maximum absolute atomic E-state index is 3.67. The molecule has 1 aromatic rings. The summed E-state index contributed by atoms with van der Waals surface area (Å²) >= 11 is 0. The van der Waals surface area contributed by atoms with Crippen molar-refractivity contribution in [2.24, 2.45) is 0 Å².